The Kier molecular flexibility index (Phi) is 3.53. The molecule has 1 rings (SSSR count). The minimum absolute atomic E-state index is 0.103. The van der Waals surface area contributed by atoms with Crippen molar-refractivity contribution >= 4 is 5.78 Å². The van der Waals surface area contributed by atoms with Gasteiger partial charge in [-0.2, -0.15) is 13.2 Å². The third kappa shape index (κ3) is 3.29. The Morgan fingerprint density at radius 1 is 1.50 bits per heavy atom. The predicted molar refractivity (Wildman–Crippen MR) is 45.9 cm³/mol. The lowest BCUT2D eigenvalue weighted by molar-refractivity contribution is -0.153. The standard InChI is InChI=1S/C9H14F3NO/c1-2-7-5-13(4-3-8(7)14)6-9(10,11)12/h7H,2-6H2,1H3. The second kappa shape index (κ2) is 4.29. The van der Waals surface area contributed by atoms with E-state index in [0.717, 1.165) is 0 Å². The first-order valence-electron chi connectivity index (χ1n) is 4.74. The molecule has 0 aromatic carbocycles. The van der Waals surface area contributed by atoms with E-state index in [-0.39, 0.29) is 31.2 Å². The topological polar surface area (TPSA) is 20.3 Å². The number of likely N-dealkylation sites (tertiary alicyclic amines) is 1. The fraction of sp³-hybridized carbons (Fsp3) is 0.889. The molecule has 0 spiro atoms. The van der Waals surface area contributed by atoms with E-state index >= 15 is 0 Å². The lowest BCUT2D eigenvalue weighted by Crippen LogP contribution is -2.44. The molecule has 0 radical (unpaired) electrons. The maximum Gasteiger partial charge on any atom is 0.401 e. The predicted octanol–water partition coefficient (Wildman–Crippen LogP) is 1.85. The first-order valence-corrected chi connectivity index (χ1v) is 4.74. The van der Waals surface area contributed by atoms with Crippen molar-refractivity contribution in [2.24, 2.45) is 5.92 Å². The molecule has 1 saturated heterocycles. The number of Topliss-reactive ketones (excluding diaryl/α,β-unsaturated/α-hetero) is 1. The molecule has 14 heavy (non-hydrogen) atoms. The van der Waals surface area contributed by atoms with Crippen LogP contribution in [0.2, 0.25) is 0 Å². The van der Waals surface area contributed by atoms with Crippen LogP contribution in [0.25, 0.3) is 0 Å². The third-order valence-corrected chi connectivity index (χ3v) is 2.50. The third-order valence-electron chi connectivity index (χ3n) is 2.50. The molecule has 0 aliphatic carbocycles. The molecule has 1 unspecified atom stereocenters. The molecule has 0 aromatic heterocycles. The van der Waals surface area contributed by atoms with Gasteiger partial charge >= 0.3 is 6.18 Å². The number of carbonyl (C=O) groups excluding carboxylic acids is 1. The highest BCUT2D eigenvalue weighted by atomic mass is 19.4. The van der Waals surface area contributed by atoms with Gasteiger partial charge in [-0.05, 0) is 6.42 Å². The number of rotatable bonds is 2. The van der Waals surface area contributed by atoms with Crippen molar-refractivity contribution in [2.75, 3.05) is 19.6 Å². The van der Waals surface area contributed by atoms with Crippen molar-refractivity contribution in [1.29, 1.82) is 0 Å². The molecule has 1 atom stereocenters. The van der Waals surface area contributed by atoms with Crippen LogP contribution < -0.4 is 0 Å². The summed E-state index contributed by atoms with van der Waals surface area (Å²) in [5, 5.41) is 0. The zero-order valence-corrected chi connectivity index (χ0v) is 8.10. The summed E-state index contributed by atoms with van der Waals surface area (Å²) in [4.78, 5) is 12.5. The van der Waals surface area contributed by atoms with E-state index in [4.69, 9.17) is 0 Å². The summed E-state index contributed by atoms with van der Waals surface area (Å²) in [5.74, 6) is -0.1000. The van der Waals surface area contributed by atoms with Crippen LogP contribution in [0.5, 0.6) is 0 Å². The van der Waals surface area contributed by atoms with Gasteiger partial charge in [0.25, 0.3) is 0 Å². The molecule has 1 heterocycles. The van der Waals surface area contributed by atoms with Crippen molar-refractivity contribution in [1.82, 2.24) is 4.90 Å². The van der Waals surface area contributed by atoms with Gasteiger partial charge in [0.2, 0.25) is 0 Å². The average Bonchev–Trinajstić information content (AvgIpc) is 2.06. The Balaban J connectivity index is 2.47. The quantitative estimate of drug-likeness (QED) is 0.691. The lowest BCUT2D eigenvalue weighted by Gasteiger charge is -2.31. The summed E-state index contributed by atoms with van der Waals surface area (Å²) < 4.78 is 36.1. The van der Waals surface area contributed by atoms with Gasteiger partial charge in [-0.3, -0.25) is 9.69 Å². The van der Waals surface area contributed by atoms with Crippen LogP contribution in [0.1, 0.15) is 19.8 Å². The van der Waals surface area contributed by atoms with E-state index in [1.807, 2.05) is 6.92 Å². The molecular formula is C9H14F3NO. The maximum atomic E-state index is 12.0. The fourth-order valence-electron chi connectivity index (χ4n) is 1.73. The van der Waals surface area contributed by atoms with Gasteiger partial charge in [-0.1, -0.05) is 6.92 Å². The summed E-state index contributed by atoms with van der Waals surface area (Å²) in [6, 6.07) is 0. The molecule has 5 heteroatoms. The van der Waals surface area contributed by atoms with E-state index in [1.54, 1.807) is 0 Å². The minimum Gasteiger partial charge on any atom is -0.299 e. The summed E-state index contributed by atoms with van der Waals surface area (Å²) in [7, 11) is 0. The monoisotopic (exact) mass is 209 g/mol. The summed E-state index contributed by atoms with van der Waals surface area (Å²) >= 11 is 0. The summed E-state index contributed by atoms with van der Waals surface area (Å²) in [5.41, 5.74) is 0. The van der Waals surface area contributed by atoms with E-state index in [0.29, 0.717) is 6.42 Å². The Hall–Kier alpha value is -0.580. The summed E-state index contributed by atoms with van der Waals surface area (Å²) in [6.07, 6.45) is -3.26. The number of carbonyl (C=O) groups is 1. The van der Waals surface area contributed by atoms with Crippen LogP contribution in [-0.4, -0.2) is 36.5 Å². The molecule has 82 valence electrons. The molecule has 0 saturated carbocycles. The maximum absolute atomic E-state index is 12.0. The van der Waals surface area contributed by atoms with Crippen LogP contribution >= 0.6 is 0 Å². The van der Waals surface area contributed by atoms with Crippen molar-refractivity contribution in [3.05, 3.63) is 0 Å². The zero-order chi connectivity index (χ0) is 10.8. The van der Waals surface area contributed by atoms with Crippen molar-refractivity contribution in [3.63, 3.8) is 0 Å². The first-order chi connectivity index (χ1) is 6.42. The first kappa shape index (κ1) is 11.5. The van der Waals surface area contributed by atoms with Crippen LogP contribution in [0.4, 0.5) is 13.2 Å². The minimum atomic E-state index is -4.15. The number of hydrogen-bond donors (Lipinski definition) is 0. The van der Waals surface area contributed by atoms with E-state index in [1.165, 1.54) is 4.90 Å². The largest absolute Gasteiger partial charge is 0.401 e. The number of ketones is 1. The van der Waals surface area contributed by atoms with Crippen molar-refractivity contribution in [2.45, 2.75) is 25.9 Å². The highest BCUT2D eigenvalue weighted by Crippen LogP contribution is 2.21. The Morgan fingerprint density at radius 2 is 2.14 bits per heavy atom. The van der Waals surface area contributed by atoms with Crippen molar-refractivity contribution < 1.29 is 18.0 Å². The Labute approximate surface area is 81.1 Å². The molecule has 0 amide bonds. The van der Waals surface area contributed by atoms with Gasteiger partial charge in [-0.15, -0.1) is 0 Å². The molecule has 0 aromatic rings. The SMILES string of the molecule is CCC1CN(CC(F)(F)F)CCC1=O. The Morgan fingerprint density at radius 3 is 2.64 bits per heavy atom. The van der Waals surface area contributed by atoms with E-state index in [2.05, 4.69) is 0 Å². The molecule has 1 aliphatic heterocycles. The highest BCUT2D eigenvalue weighted by Gasteiger charge is 2.34. The normalized spacial score (nSPS) is 25.4. The van der Waals surface area contributed by atoms with Crippen LogP contribution in [0.3, 0.4) is 0 Å². The Bertz CT molecular complexity index is 215. The van der Waals surface area contributed by atoms with E-state index in [9.17, 15) is 18.0 Å². The second-order valence-electron chi connectivity index (χ2n) is 3.67. The molecule has 0 bridgehead atoms. The molecule has 2 nitrogen and oxygen atoms in total. The molecule has 1 aliphatic rings. The summed E-state index contributed by atoms with van der Waals surface area (Å²) in [6.45, 7) is 1.44. The average molecular weight is 209 g/mol. The highest BCUT2D eigenvalue weighted by molar-refractivity contribution is 5.82. The van der Waals surface area contributed by atoms with Crippen LogP contribution in [0, 0.1) is 5.92 Å². The number of piperidine rings is 1. The van der Waals surface area contributed by atoms with Gasteiger partial charge < -0.3 is 0 Å². The van der Waals surface area contributed by atoms with Gasteiger partial charge in [0.1, 0.15) is 5.78 Å². The van der Waals surface area contributed by atoms with E-state index < -0.39 is 12.7 Å². The second-order valence-corrected chi connectivity index (χ2v) is 3.67. The molecule has 1 fully saturated rings. The smallest absolute Gasteiger partial charge is 0.299 e. The van der Waals surface area contributed by atoms with Crippen LogP contribution in [0.15, 0.2) is 0 Å². The van der Waals surface area contributed by atoms with Gasteiger partial charge in [0.15, 0.2) is 0 Å². The number of halogens is 3. The van der Waals surface area contributed by atoms with Gasteiger partial charge in [0, 0.05) is 25.4 Å². The van der Waals surface area contributed by atoms with Gasteiger partial charge in [0.05, 0.1) is 6.54 Å². The van der Waals surface area contributed by atoms with Gasteiger partial charge in [-0.25, -0.2) is 0 Å². The number of hydrogen-bond acceptors (Lipinski definition) is 2. The number of nitrogens with zero attached hydrogens (tertiary/aromatic N) is 1. The van der Waals surface area contributed by atoms with Crippen LogP contribution in [-0.2, 0) is 4.79 Å². The molecule has 0 N–H and O–H groups in total. The molecular weight excluding hydrogens is 195 g/mol. The zero-order valence-electron chi connectivity index (χ0n) is 8.10. The number of alkyl halides is 3. The lowest BCUT2D eigenvalue weighted by atomic mass is 9.94. The van der Waals surface area contributed by atoms with Crippen molar-refractivity contribution in [3.8, 4) is 0 Å². The fourth-order valence-corrected chi connectivity index (χ4v) is 1.73.